The zero-order valence-corrected chi connectivity index (χ0v) is 19.2. The summed E-state index contributed by atoms with van der Waals surface area (Å²) in [5.74, 6) is -0.347. The molecule has 2 heterocycles. The molecule has 5 rings (SSSR count). The number of benzene rings is 2. The Labute approximate surface area is 192 Å². The molecule has 2 aromatic carbocycles. The largest absolute Gasteiger partial charge is 0.326 e. The number of likely N-dealkylation sites (tertiary alicyclic amines) is 1. The SMILES string of the molecule is CN1CCC(CCc2cc(NSc3ccc(F)cc3F)cc3c2NC(=O)C32CCC2)CC1. The molecule has 2 fully saturated rings. The summed E-state index contributed by atoms with van der Waals surface area (Å²) < 4.78 is 30.6. The molecule has 2 aliphatic heterocycles. The maximum Gasteiger partial charge on any atom is 0.235 e. The normalized spacial score (nSPS) is 20.2. The standard InChI is InChI=1S/C25H29F2N3OS/c1-30-11-7-16(8-12-30)3-4-17-13-19(29-32-22-6-5-18(26)14-21(22)27)15-20-23(17)28-24(31)25(20)9-2-10-25/h5-6,13-16,29H,2-4,7-12H2,1H3,(H,28,31). The van der Waals surface area contributed by atoms with Gasteiger partial charge < -0.3 is 14.9 Å². The van der Waals surface area contributed by atoms with Crippen LogP contribution in [0.25, 0.3) is 0 Å². The lowest BCUT2D eigenvalue weighted by Gasteiger charge is -2.36. The molecular weight excluding hydrogens is 428 g/mol. The van der Waals surface area contributed by atoms with Crippen LogP contribution in [-0.2, 0) is 16.6 Å². The molecule has 0 radical (unpaired) electrons. The van der Waals surface area contributed by atoms with Crippen LogP contribution in [0.1, 0.15) is 49.7 Å². The first-order valence-electron chi connectivity index (χ1n) is 11.5. The second-order valence-electron chi connectivity index (χ2n) is 9.51. The van der Waals surface area contributed by atoms with E-state index in [1.165, 1.54) is 25.0 Å². The second kappa shape index (κ2) is 8.67. The molecular formula is C25H29F2N3OS. The lowest BCUT2D eigenvalue weighted by molar-refractivity contribution is -0.123. The van der Waals surface area contributed by atoms with Crippen LogP contribution in [0.5, 0.6) is 0 Å². The average Bonchev–Trinajstić information content (AvgIpc) is 3.04. The van der Waals surface area contributed by atoms with Gasteiger partial charge in [-0.25, -0.2) is 8.78 Å². The molecule has 32 heavy (non-hydrogen) atoms. The van der Waals surface area contributed by atoms with E-state index in [2.05, 4.69) is 28.1 Å². The number of fused-ring (bicyclic) bond motifs is 2. The summed E-state index contributed by atoms with van der Waals surface area (Å²) in [6.07, 6.45) is 7.27. The van der Waals surface area contributed by atoms with Gasteiger partial charge in [-0.1, -0.05) is 6.42 Å². The first-order chi connectivity index (χ1) is 15.4. The zero-order valence-electron chi connectivity index (χ0n) is 18.3. The second-order valence-corrected chi connectivity index (χ2v) is 10.4. The van der Waals surface area contributed by atoms with Crippen molar-refractivity contribution >= 4 is 29.2 Å². The summed E-state index contributed by atoms with van der Waals surface area (Å²) in [5, 5.41) is 3.19. The van der Waals surface area contributed by atoms with Crippen LogP contribution < -0.4 is 10.0 Å². The maximum atomic E-state index is 14.1. The molecule has 2 N–H and O–H groups in total. The summed E-state index contributed by atoms with van der Waals surface area (Å²) in [6, 6.07) is 7.72. The Bertz CT molecular complexity index is 1030. The number of nitrogens with zero attached hydrogens (tertiary/aromatic N) is 1. The number of nitrogens with one attached hydrogen (secondary N) is 2. The third kappa shape index (κ3) is 4.01. The molecule has 3 aliphatic rings. The van der Waals surface area contributed by atoms with E-state index < -0.39 is 17.0 Å². The smallest absolute Gasteiger partial charge is 0.235 e. The van der Waals surface area contributed by atoms with E-state index in [4.69, 9.17) is 0 Å². The predicted octanol–water partition coefficient (Wildman–Crippen LogP) is 5.73. The van der Waals surface area contributed by atoms with Crippen LogP contribution in [-0.4, -0.2) is 30.9 Å². The Morgan fingerprint density at radius 1 is 1.19 bits per heavy atom. The van der Waals surface area contributed by atoms with Crippen LogP contribution in [0.15, 0.2) is 35.2 Å². The van der Waals surface area contributed by atoms with E-state index in [0.29, 0.717) is 10.8 Å². The van der Waals surface area contributed by atoms with Crippen molar-refractivity contribution in [3.63, 3.8) is 0 Å². The summed E-state index contributed by atoms with van der Waals surface area (Å²) in [5.41, 5.74) is 3.68. The molecule has 1 amide bonds. The fourth-order valence-corrected chi connectivity index (χ4v) is 5.89. The van der Waals surface area contributed by atoms with Gasteiger partial charge in [-0.05, 0) is 112 Å². The van der Waals surface area contributed by atoms with Crippen molar-refractivity contribution in [3.8, 4) is 0 Å². The highest BCUT2D eigenvalue weighted by Crippen LogP contribution is 2.53. The number of amides is 1. The van der Waals surface area contributed by atoms with E-state index in [9.17, 15) is 13.6 Å². The fourth-order valence-electron chi connectivity index (χ4n) is 5.25. The van der Waals surface area contributed by atoms with Gasteiger partial charge in [0.05, 0.1) is 10.3 Å². The quantitative estimate of drug-likeness (QED) is 0.544. The highest BCUT2D eigenvalue weighted by molar-refractivity contribution is 8.00. The fraction of sp³-hybridized carbons (Fsp3) is 0.480. The predicted molar refractivity (Wildman–Crippen MR) is 125 cm³/mol. The number of hydrogen-bond acceptors (Lipinski definition) is 4. The number of rotatable bonds is 6. The molecule has 1 spiro atoms. The number of piperidine rings is 1. The van der Waals surface area contributed by atoms with Crippen molar-refractivity contribution in [2.24, 2.45) is 5.92 Å². The zero-order chi connectivity index (χ0) is 22.3. The van der Waals surface area contributed by atoms with E-state index in [0.717, 1.165) is 85.7 Å². The van der Waals surface area contributed by atoms with Gasteiger partial charge in [0.1, 0.15) is 11.6 Å². The Balaban J connectivity index is 1.39. The number of anilines is 2. The summed E-state index contributed by atoms with van der Waals surface area (Å²) in [4.78, 5) is 15.6. The highest BCUT2D eigenvalue weighted by atomic mass is 32.2. The number of carbonyl (C=O) groups is 1. The van der Waals surface area contributed by atoms with Crippen LogP contribution in [0.3, 0.4) is 0 Å². The average molecular weight is 458 g/mol. The summed E-state index contributed by atoms with van der Waals surface area (Å²) >= 11 is 1.13. The van der Waals surface area contributed by atoms with Crippen molar-refractivity contribution in [1.29, 1.82) is 0 Å². The minimum atomic E-state index is -0.586. The molecule has 7 heteroatoms. The molecule has 1 aliphatic carbocycles. The molecule has 170 valence electrons. The first kappa shape index (κ1) is 21.7. The van der Waals surface area contributed by atoms with Gasteiger partial charge in [-0.2, -0.15) is 0 Å². The lowest BCUT2D eigenvalue weighted by Crippen LogP contribution is -2.40. The Kier molecular flexibility index (Phi) is 5.88. The number of carbonyl (C=O) groups excluding carboxylic acids is 1. The highest BCUT2D eigenvalue weighted by Gasteiger charge is 2.51. The van der Waals surface area contributed by atoms with Crippen LogP contribution in [0, 0.1) is 17.6 Å². The molecule has 0 bridgehead atoms. The van der Waals surface area contributed by atoms with Gasteiger partial charge in [0.25, 0.3) is 0 Å². The van der Waals surface area contributed by atoms with Crippen molar-refractivity contribution in [2.75, 3.05) is 30.2 Å². The summed E-state index contributed by atoms with van der Waals surface area (Å²) in [7, 11) is 2.17. The van der Waals surface area contributed by atoms with Crippen LogP contribution >= 0.6 is 11.9 Å². The van der Waals surface area contributed by atoms with E-state index >= 15 is 0 Å². The monoisotopic (exact) mass is 457 g/mol. The molecule has 2 aromatic rings. The molecule has 1 saturated carbocycles. The maximum absolute atomic E-state index is 14.1. The third-order valence-electron chi connectivity index (χ3n) is 7.45. The van der Waals surface area contributed by atoms with Crippen LogP contribution in [0.4, 0.5) is 20.2 Å². The summed E-state index contributed by atoms with van der Waals surface area (Å²) in [6.45, 7) is 2.29. The first-order valence-corrected chi connectivity index (χ1v) is 12.3. The minimum Gasteiger partial charge on any atom is -0.326 e. The Morgan fingerprint density at radius 3 is 2.66 bits per heavy atom. The van der Waals surface area contributed by atoms with Gasteiger partial charge in [0, 0.05) is 17.4 Å². The van der Waals surface area contributed by atoms with E-state index in [1.807, 2.05) is 6.07 Å². The lowest BCUT2D eigenvalue weighted by atomic mass is 9.65. The van der Waals surface area contributed by atoms with Crippen LogP contribution in [0.2, 0.25) is 0 Å². The van der Waals surface area contributed by atoms with Crippen molar-refractivity contribution in [3.05, 3.63) is 53.1 Å². The van der Waals surface area contributed by atoms with E-state index in [1.54, 1.807) is 0 Å². The van der Waals surface area contributed by atoms with Gasteiger partial charge in [0.2, 0.25) is 5.91 Å². The van der Waals surface area contributed by atoms with Gasteiger partial charge in [-0.3, -0.25) is 4.79 Å². The number of hydrogen-bond donors (Lipinski definition) is 2. The number of aryl methyl sites for hydroxylation is 1. The van der Waals surface area contributed by atoms with Crippen molar-refractivity contribution in [2.45, 2.75) is 55.3 Å². The van der Waals surface area contributed by atoms with Crippen molar-refractivity contribution in [1.82, 2.24) is 4.90 Å². The van der Waals surface area contributed by atoms with Gasteiger partial charge >= 0.3 is 0 Å². The Hall–Kier alpha value is -2.12. The Morgan fingerprint density at radius 2 is 1.97 bits per heavy atom. The van der Waals surface area contributed by atoms with E-state index in [-0.39, 0.29) is 5.91 Å². The van der Waals surface area contributed by atoms with Crippen molar-refractivity contribution < 1.29 is 13.6 Å². The number of halogens is 2. The molecule has 0 aromatic heterocycles. The molecule has 0 atom stereocenters. The molecule has 0 unspecified atom stereocenters. The topological polar surface area (TPSA) is 44.4 Å². The third-order valence-corrected chi connectivity index (χ3v) is 8.34. The molecule has 1 saturated heterocycles. The molecule has 4 nitrogen and oxygen atoms in total. The van der Waals surface area contributed by atoms with Gasteiger partial charge in [-0.15, -0.1) is 0 Å². The minimum absolute atomic E-state index is 0.119. The van der Waals surface area contributed by atoms with Gasteiger partial charge in [0.15, 0.2) is 0 Å².